The monoisotopic (exact) mass is 594 g/mol. The van der Waals surface area contributed by atoms with Gasteiger partial charge in [-0.1, -0.05) is 109 Å². The number of nitriles is 1. The molecule has 216 valence electrons. The number of para-hydroxylation sites is 1. The summed E-state index contributed by atoms with van der Waals surface area (Å²) in [4.78, 5) is 0. The number of hydrogen-bond acceptors (Lipinski definition) is 1. The molecule has 1 heterocycles. The van der Waals surface area contributed by atoms with Gasteiger partial charge in [0, 0.05) is 16.5 Å². The van der Waals surface area contributed by atoms with Crippen LogP contribution >= 0.6 is 0 Å². The van der Waals surface area contributed by atoms with E-state index < -0.39 is 0 Å². The van der Waals surface area contributed by atoms with Crippen LogP contribution in [0.1, 0.15) is 5.56 Å². The van der Waals surface area contributed by atoms with E-state index in [4.69, 9.17) is 0 Å². The molecular weight excluding hydrogens is 569 g/mol. The van der Waals surface area contributed by atoms with Crippen LogP contribution in [-0.4, -0.2) is 4.57 Å². The standard InChI is InChI=1S/C45H26N2/c46-27-28-21-30-19-20-31-23-32(24-43-45(31)44(30)42(22-28)47(43)33-13-5-2-6-14-33)39-26-41-36-17-9-7-15-34(36)38(29-11-3-1-4-12-29)25-40(41)37-18-10-8-16-35(37)39/h1-26H. The molecule has 2 nitrogen and oxygen atoms in total. The molecule has 0 aliphatic heterocycles. The van der Waals surface area contributed by atoms with Crippen molar-refractivity contribution in [2.45, 2.75) is 0 Å². The highest BCUT2D eigenvalue weighted by Crippen LogP contribution is 2.45. The summed E-state index contributed by atoms with van der Waals surface area (Å²) in [6.45, 7) is 0. The second kappa shape index (κ2) is 9.78. The first-order valence-corrected chi connectivity index (χ1v) is 16.0. The number of rotatable bonds is 3. The van der Waals surface area contributed by atoms with Crippen LogP contribution in [0.25, 0.3) is 92.8 Å². The minimum absolute atomic E-state index is 0.670. The van der Waals surface area contributed by atoms with Crippen LogP contribution in [-0.2, 0) is 0 Å². The summed E-state index contributed by atoms with van der Waals surface area (Å²) in [6.07, 6.45) is 0. The number of benzene rings is 9. The Bertz CT molecular complexity index is 2890. The highest BCUT2D eigenvalue weighted by molar-refractivity contribution is 6.27. The Morgan fingerprint density at radius 2 is 0.915 bits per heavy atom. The van der Waals surface area contributed by atoms with Gasteiger partial charge in [0.1, 0.15) is 0 Å². The van der Waals surface area contributed by atoms with Gasteiger partial charge in [-0.05, 0) is 114 Å². The Morgan fingerprint density at radius 3 is 1.53 bits per heavy atom. The summed E-state index contributed by atoms with van der Waals surface area (Å²) < 4.78 is 2.33. The van der Waals surface area contributed by atoms with Gasteiger partial charge in [-0.2, -0.15) is 5.26 Å². The number of aromatic nitrogens is 1. The zero-order chi connectivity index (χ0) is 31.1. The summed E-state index contributed by atoms with van der Waals surface area (Å²) in [6, 6.07) is 59.2. The van der Waals surface area contributed by atoms with Gasteiger partial charge in [-0.3, -0.25) is 0 Å². The lowest BCUT2D eigenvalue weighted by Crippen LogP contribution is -1.94. The lowest BCUT2D eigenvalue weighted by molar-refractivity contribution is 1.18. The Balaban J connectivity index is 1.34. The van der Waals surface area contributed by atoms with Crippen molar-refractivity contribution in [1.29, 1.82) is 5.26 Å². The van der Waals surface area contributed by atoms with Gasteiger partial charge < -0.3 is 4.57 Å². The molecule has 10 aromatic rings. The lowest BCUT2D eigenvalue weighted by Gasteiger charge is -2.17. The third kappa shape index (κ3) is 3.72. The molecule has 0 atom stereocenters. The minimum atomic E-state index is 0.670. The summed E-state index contributed by atoms with van der Waals surface area (Å²) >= 11 is 0. The number of nitrogens with zero attached hydrogens (tertiary/aromatic N) is 2. The molecule has 0 bridgehead atoms. The first kappa shape index (κ1) is 25.9. The van der Waals surface area contributed by atoms with Crippen LogP contribution < -0.4 is 0 Å². The van der Waals surface area contributed by atoms with E-state index in [1.54, 1.807) is 0 Å². The molecule has 0 spiro atoms. The van der Waals surface area contributed by atoms with E-state index in [9.17, 15) is 5.26 Å². The third-order valence-electron chi connectivity index (χ3n) is 9.89. The van der Waals surface area contributed by atoms with Crippen LogP contribution in [0.5, 0.6) is 0 Å². The van der Waals surface area contributed by atoms with Crippen molar-refractivity contribution in [3.63, 3.8) is 0 Å². The molecule has 2 heteroatoms. The van der Waals surface area contributed by atoms with E-state index in [1.807, 2.05) is 12.1 Å². The molecule has 0 radical (unpaired) electrons. The van der Waals surface area contributed by atoms with E-state index in [0.29, 0.717) is 5.56 Å². The molecule has 47 heavy (non-hydrogen) atoms. The minimum Gasteiger partial charge on any atom is -0.309 e. The van der Waals surface area contributed by atoms with Crippen LogP contribution in [0, 0.1) is 11.3 Å². The zero-order valence-electron chi connectivity index (χ0n) is 25.4. The predicted octanol–water partition coefficient (Wildman–Crippen LogP) is 12.0. The molecule has 1 aromatic heterocycles. The Labute approximate surface area is 271 Å². The molecule has 9 aromatic carbocycles. The molecule has 0 saturated heterocycles. The van der Waals surface area contributed by atoms with E-state index in [1.165, 1.54) is 70.7 Å². The van der Waals surface area contributed by atoms with E-state index in [2.05, 4.69) is 156 Å². The Kier molecular flexibility index (Phi) is 5.38. The molecule has 0 amide bonds. The molecule has 0 unspecified atom stereocenters. The van der Waals surface area contributed by atoms with Crippen molar-refractivity contribution < 1.29 is 0 Å². The fraction of sp³-hybridized carbons (Fsp3) is 0. The summed E-state index contributed by atoms with van der Waals surface area (Å²) in [5.41, 5.74) is 8.83. The second-order valence-corrected chi connectivity index (χ2v) is 12.4. The normalized spacial score (nSPS) is 11.8. The Hall–Kier alpha value is -6.43. The molecule has 0 fully saturated rings. The summed E-state index contributed by atoms with van der Waals surface area (Å²) in [5, 5.41) is 22.2. The SMILES string of the molecule is N#Cc1cc2ccc3cc(-c4cc5c6ccccc6c(-c6ccccc6)cc5c5ccccc45)cc4c3c2c(c1)n4-c1ccccc1. The smallest absolute Gasteiger partial charge is 0.0992 e. The zero-order valence-corrected chi connectivity index (χ0v) is 25.4. The molecule has 0 N–H and O–H groups in total. The summed E-state index contributed by atoms with van der Waals surface area (Å²) in [7, 11) is 0. The third-order valence-corrected chi connectivity index (χ3v) is 9.89. The van der Waals surface area contributed by atoms with Crippen molar-refractivity contribution >= 4 is 64.9 Å². The Morgan fingerprint density at radius 1 is 0.404 bits per heavy atom. The average molecular weight is 595 g/mol. The number of fused-ring (bicyclic) bond motifs is 5. The van der Waals surface area contributed by atoms with Gasteiger partial charge in [-0.15, -0.1) is 0 Å². The van der Waals surface area contributed by atoms with E-state index >= 15 is 0 Å². The molecule has 10 rings (SSSR count). The molecule has 0 aliphatic carbocycles. The maximum atomic E-state index is 9.92. The van der Waals surface area contributed by atoms with E-state index in [0.717, 1.165) is 22.1 Å². The van der Waals surface area contributed by atoms with Crippen LogP contribution in [0.3, 0.4) is 0 Å². The highest BCUT2D eigenvalue weighted by Gasteiger charge is 2.20. The van der Waals surface area contributed by atoms with Gasteiger partial charge in [0.25, 0.3) is 0 Å². The van der Waals surface area contributed by atoms with Crippen LogP contribution in [0.4, 0.5) is 0 Å². The highest BCUT2D eigenvalue weighted by atomic mass is 15.0. The van der Waals surface area contributed by atoms with Crippen molar-refractivity contribution in [1.82, 2.24) is 4.57 Å². The van der Waals surface area contributed by atoms with Crippen molar-refractivity contribution in [3.8, 4) is 34.0 Å². The van der Waals surface area contributed by atoms with Crippen LogP contribution in [0.2, 0.25) is 0 Å². The van der Waals surface area contributed by atoms with E-state index in [-0.39, 0.29) is 0 Å². The van der Waals surface area contributed by atoms with Gasteiger partial charge in [-0.25, -0.2) is 0 Å². The van der Waals surface area contributed by atoms with Crippen LogP contribution in [0.15, 0.2) is 158 Å². The largest absolute Gasteiger partial charge is 0.309 e. The second-order valence-electron chi connectivity index (χ2n) is 12.4. The maximum absolute atomic E-state index is 9.92. The first-order valence-electron chi connectivity index (χ1n) is 16.0. The average Bonchev–Trinajstić information content (AvgIpc) is 3.48. The lowest BCUT2D eigenvalue weighted by atomic mass is 9.87. The maximum Gasteiger partial charge on any atom is 0.0992 e. The van der Waals surface area contributed by atoms with Gasteiger partial charge in [0.05, 0.1) is 22.7 Å². The molecule has 0 aliphatic rings. The first-order chi connectivity index (χ1) is 23.3. The topological polar surface area (TPSA) is 28.7 Å². The van der Waals surface area contributed by atoms with Crippen molar-refractivity contribution in [3.05, 3.63) is 163 Å². The van der Waals surface area contributed by atoms with Gasteiger partial charge in [0.15, 0.2) is 0 Å². The quantitative estimate of drug-likeness (QED) is 0.187. The van der Waals surface area contributed by atoms with Crippen molar-refractivity contribution in [2.24, 2.45) is 0 Å². The molecular formula is C45H26N2. The summed E-state index contributed by atoms with van der Waals surface area (Å²) in [5.74, 6) is 0. The number of hydrogen-bond donors (Lipinski definition) is 0. The fourth-order valence-electron chi connectivity index (χ4n) is 7.89. The molecule has 0 saturated carbocycles. The fourth-order valence-corrected chi connectivity index (χ4v) is 7.89. The van der Waals surface area contributed by atoms with Gasteiger partial charge >= 0.3 is 0 Å². The predicted molar refractivity (Wildman–Crippen MR) is 198 cm³/mol. The van der Waals surface area contributed by atoms with Gasteiger partial charge in [0.2, 0.25) is 0 Å². The van der Waals surface area contributed by atoms with Crippen molar-refractivity contribution in [2.75, 3.05) is 0 Å².